The number of esters is 1. The minimum absolute atomic E-state index is 0.0386. The molecular weight excluding hydrogens is 245 g/mol. The number of hydrogen-bond donors (Lipinski definition) is 0. The predicted octanol–water partition coefficient (Wildman–Crippen LogP) is 0.348. The first kappa shape index (κ1) is 13.6. The lowest BCUT2D eigenvalue weighted by atomic mass is 10.1. The Labute approximate surface area is 101 Å². The monoisotopic (exact) mass is 253 g/mol. The van der Waals surface area contributed by atoms with Crippen LogP contribution < -0.4 is 0 Å². The molecule has 0 fully saturated rings. The molecule has 1 rings (SSSR count). The number of halogens is 1. The molecule has 7 heteroatoms. The first-order valence-corrected chi connectivity index (χ1v) is 4.74. The zero-order chi connectivity index (χ0) is 13.7. The van der Waals surface area contributed by atoms with Crippen molar-refractivity contribution in [2.75, 3.05) is 7.11 Å². The van der Waals surface area contributed by atoms with Gasteiger partial charge in [-0.25, -0.2) is 14.2 Å². The molecule has 1 aromatic heterocycles. The van der Waals surface area contributed by atoms with E-state index < -0.39 is 35.5 Å². The van der Waals surface area contributed by atoms with E-state index in [-0.39, 0.29) is 5.56 Å². The molecule has 0 amide bonds. The highest BCUT2D eigenvalue weighted by Crippen LogP contribution is 2.09. The number of carbonyl (C=O) groups is 4. The molecule has 0 aliphatic carbocycles. The number of aromatic nitrogens is 1. The van der Waals surface area contributed by atoms with Crippen LogP contribution in [0.4, 0.5) is 4.39 Å². The van der Waals surface area contributed by atoms with Gasteiger partial charge in [0.25, 0.3) is 0 Å². The van der Waals surface area contributed by atoms with Crippen LogP contribution in [0.25, 0.3) is 0 Å². The lowest BCUT2D eigenvalue weighted by Crippen LogP contribution is -2.20. The Bertz CT molecular complexity index is 526. The van der Waals surface area contributed by atoms with E-state index in [1.54, 1.807) is 0 Å². The molecule has 0 unspecified atom stereocenters. The summed E-state index contributed by atoms with van der Waals surface area (Å²) in [6.45, 7) is 0. The molecule has 0 saturated heterocycles. The molecule has 0 aromatic carbocycles. The van der Waals surface area contributed by atoms with Gasteiger partial charge in [-0.15, -0.1) is 0 Å². The molecule has 0 aliphatic rings. The van der Waals surface area contributed by atoms with Crippen LogP contribution in [-0.2, 0) is 14.3 Å². The van der Waals surface area contributed by atoms with E-state index in [4.69, 9.17) is 0 Å². The summed E-state index contributed by atoms with van der Waals surface area (Å²) in [5.41, 5.74) is -0.638. The molecule has 0 saturated carbocycles. The van der Waals surface area contributed by atoms with Crippen molar-refractivity contribution >= 4 is 23.8 Å². The van der Waals surface area contributed by atoms with Crippen LogP contribution in [0.2, 0.25) is 0 Å². The van der Waals surface area contributed by atoms with E-state index in [0.29, 0.717) is 6.29 Å². The van der Waals surface area contributed by atoms with Gasteiger partial charge in [0.2, 0.25) is 5.78 Å². The quantitative estimate of drug-likeness (QED) is 0.247. The summed E-state index contributed by atoms with van der Waals surface area (Å²) in [5.74, 6) is -4.26. The number of ketones is 2. The van der Waals surface area contributed by atoms with Gasteiger partial charge >= 0.3 is 5.97 Å². The standard InChI is InChI=1S/C11H8FNO5/c1-18-11(17)9(16)3-8(15)10-7(12)2-6(5-14)4-13-10/h2,4-5H,3H2,1H3. The van der Waals surface area contributed by atoms with E-state index >= 15 is 0 Å². The van der Waals surface area contributed by atoms with Crippen molar-refractivity contribution in [3.63, 3.8) is 0 Å². The Balaban J connectivity index is 2.88. The number of pyridine rings is 1. The molecule has 0 spiro atoms. The van der Waals surface area contributed by atoms with Gasteiger partial charge < -0.3 is 4.74 Å². The van der Waals surface area contributed by atoms with Crippen molar-refractivity contribution in [2.24, 2.45) is 0 Å². The number of carbonyl (C=O) groups excluding carboxylic acids is 4. The summed E-state index contributed by atoms with van der Waals surface area (Å²) in [6.07, 6.45) is 0.521. The van der Waals surface area contributed by atoms with Gasteiger partial charge in [-0.05, 0) is 6.07 Å². The zero-order valence-corrected chi connectivity index (χ0v) is 9.31. The van der Waals surface area contributed by atoms with E-state index in [1.165, 1.54) is 0 Å². The molecular formula is C11H8FNO5. The van der Waals surface area contributed by atoms with Crippen molar-refractivity contribution in [2.45, 2.75) is 6.42 Å². The Kier molecular flexibility index (Phi) is 4.36. The fraction of sp³-hybridized carbons (Fsp3) is 0.182. The number of methoxy groups -OCH3 is 1. The normalized spacial score (nSPS) is 9.67. The number of nitrogens with zero attached hydrogens (tertiary/aromatic N) is 1. The number of hydrogen-bond acceptors (Lipinski definition) is 6. The Morgan fingerprint density at radius 2 is 2.11 bits per heavy atom. The minimum atomic E-state index is -1.19. The maximum Gasteiger partial charge on any atom is 0.374 e. The molecule has 6 nitrogen and oxygen atoms in total. The topological polar surface area (TPSA) is 90.4 Å². The fourth-order valence-electron chi connectivity index (χ4n) is 1.14. The summed E-state index contributed by atoms with van der Waals surface area (Å²) < 4.78 is 17.5. The Hall–Kier alpha value is -2.44. The molecule has 18 heavy (non-hydrogen) atoms. The number of ether oxygens (including phenoxy) is 1. The molecule has 94 valence electrons. The lowest BCUT2D eigenvalue weighted by molar-refractivity contribution is -0.151. The molecule has 0 bridgehead atoms. The fourth-order valence-corrected chi connectivity index (χ4v) is 1.14. The number of rotatable bonds is 5. The highest BCUT2D eigenvalue weighted by molar-refractivity contribution is 6.38. The van der Waals surface area contributed by atoms with Crippen LogP contribution in [0.1, 0.15) is 27.3 Å². The maximum absolute atomic E-state index is 13.4. The summed E-state index contributed by atoms with van der Waals surface area (Å²) >= 11 is 0. The third kappa shape index (κ3) is 3.03. The molecule has 1 heterocycles. The summed E-state index contributed by atoms with van der Waals surface area (Å²) in [5, 5.41) is 0. The zero-order valence-electron chi connectivity index (χ0n) is 9.31. The third-order valence-corrected chi connectivity index (χ3v) is 2.00. The van der Waals surface area contributed by atoms with E-state index in [9.17, 15) is 23.6 Å². The highest BCUT2D eigenvalue weighted by Gasteiger charge is 2.22. The van der Waals surface area contributed by atoms with Crippen molar-refractivity contribution < 1.29 is 28.3 Å². The second kappa shape index (κ2) is 5.76. The summed E-state index contributed by atoms with van der Waals surface area (Å²) in [6, 6.07) is 0.815. The van der Waals surface area contributed by atoms with Crippen molar-refractivity contribution in [3.8, 4) is 0 Å². The minimum Gasteiger partial charge on any atom is -0.463 e. The predicted molar refractivity (Wildman–Crippen MR) is 55.6 cm³/mol. The third-order valence-electron chi connectivity index (χ3n) is 2.00. The van der Waals surface area contributed by atoms with Gasteiger partial charge in [0, 0.05) is 11.8 Å². The van der Waals surface area contributed by atoms with Gasteiger partial charge in [-0.1, -0.05) is 0 Å². The average Bonchev–Trinajstić information content (AvgIpc) is 2.37. The van der Waals surface area contributed by atoms with E-state index in [2.05, 4.69) is 9.72 Å². The van der Waals surface area contributed by atoms with Crippen LogP contribution >= 0.6 is 0 Å². The number of Topliss-reactive ketones (excluding diaryl/α,β-unsaturated/α-hetero) is 2. The van der Waals surface area contributed by atoms with Gasteiger partial charge in [0.05, 0.1) is 13.5 Å². The van der Waals surface area contributed by atoms with Gasteiger partial charge in [0.15, 0.2) is 17.9 Å². The van der Waals surface area contributed by atoms with Crippen molar-refractivity contribution in [1.29, 1.82) is 0 Å². The van der Waals surface area contributed by atoms with Crippen LogP contribution in [0.3, 0.4) is 0 Å². The first-order valence-electron chi connectivity index (χ1n) is 4.74. The molecule has 1 aromatic rings. The SMILES string of the molecule is COC(=O)C(=O)CC(=O)c1ncc(C=O)cc1F. The van der Waals surface area contributed by atoms with E-state index in [1.807, 2.05) is 0 Å². The summed E-state index contributed by atoms with van der Waals surface area (Å²) in [4.78, 5) is 47.1. The maximum atomic E-state index is 13.4. The van der Waals surface area contributed by atoms with Crippen LogP contribution in [0, 0.1) is 5.82 Å². The lowest BCUT2D eigenvalue weighted by Gasteiger charge is -2.01. The second-order valence-electron chi connectivity index (χ2n) is 3.23. The van der Waals surface area contributed by atoms with Crippen molar-refractivity contribution in [3.05, 3.63) is 29.3 Å². The van der Waals surface area contributed by atoms with Crippen LogP contribution in [-0.4, -0.2) is 35.9 Å². The van der Waals surface area contributed by atoms with Crippen molar-refractivity contribution in [1.82, 2.24) is 4.98 Å². The second-order valence-corrected chi connectivity index (χ2v) is 3.23. The van der Waals surface area contributed by atoms with E-state index in [0.717, 1.165) is 19.4 Å². The van der Waals surface area contributed by atoms with Crippen LogP contribution in [0.15, 0.2) is 12.3 Å². The summed E-state index contributed by atoms with van der Waals surface area (Å²) in [7, 11) is 0.989. The average molecular weight is 253 g/mol. The smallest absolute Gasteiger partial charge is 0.374 e. The van der Waals surface area contributed by atoms with Crippen LogP contribution in [0.5, 0.6) is 0 Å². The largest absolute Gasteiger partial charge is 0.463 e. The van der Waals surface area contributed by atoms with Gasteiger partial charge in [-0.2, -0.15) is 0 Å². The Morgan fingerprint density at radius 3 is 2.61 bits per heavy atom. The highest BCUT2D eigenvalue weighted by atomic mass is 19.1. The number of aldehydes is 1. The molecule has 0 aliphatic heterocycles. The Morgan fingerprint density at radius 1 is 1.44 bits per heavy atom. The van der Waals surface area contributed by atoms with Gasteiger partial charge in [0.1, 0.15) is 5.69 Å². The molecule has 0 radical (unpaired) electrons. The first-order chi connectivity index (χ1) is 8.49. The molecule has 0 N–H and O–H groups in total. The van der Waals surface area contributed by atoms with Gasteiger partial charge in [-0.3, -0.25) is 14.4 Å². The molecule has 0 atom stereocenters.